The largest absolute Gasteiger partial charge is 0.443 e. The number of nitrogens with one attached hydrogen (secondary N) is 1. The standard InChI is InChI=1S/C15H22BrN3O3/c1-15(2,3)22-14(21)19(8-7-17)13(20)18-10-11-5-4-6-12(16)9-11/h4-6,9H,7-8,10,17H2,1-3H3,(H,18,20). The van der Waals surface area contributed by atoms with Crippen LogP contribution in [-0.4, -0.2) is 35.7 Å². The Hall–Kier alpha value is -1.60. The highest BCUT2D eigenvalue weighted by molar-refractivity contribution is 9.10. The van der Waals surface area contributed by atoms with Gasteiger partial charge in [-0.05, 0) is 38.5 Å². The van der Waals surface area contributed by atoms with Gasteiger partial charge >= 0.3 is 12.1 Å². The number of carbonyl (C=O) groups is 2. The fourth-order valence-electron chi connectivity index (χ4n) is 1.64. The zero-order chi connectivity index (χ0) is 16.8. The molecule has 6 nitrogen and oxygen atoms in total. The van der Waals surface area contributed by atoms with Crippen molar-refractivity contribution in [3.63, 3.8) is 0 Å². The van der Waals surface area contributed by atoms with Crippen molar-refractivity contribution in [2.45, 2.75) is 32.9 Å². The summed E-state index contributed by atoms with van der Waals surface area (Å²) in [6, 6.07) is 7.01. The molecule has 0 saturated carbocycles. The number of hydrogen-bond acceptors (Lipinski definition) is 4. The second-order valence-corrected chi connectivity index (χ2v) is 6.62. The molecule has 0 aliphatic rings. The lowest BCUT2D eigenvalue weighted by Gasteiger charge is -2.26. The van der Waals surface area contributed by atoms with Crippen LogP contribution in [-0.2, 0) is 11.3 Å². The Morgan fingerprint density at radius 2 is 2.05 bits per heavy atom. The molecule has 0 aromatic heterocycles. The Morgan fingerprint density at radius 3 is 2.59 bits per heavy atom. The molecular weight excluding hydrogens is 350 g/mol. The van der Waals surface area contributed by atoms with Gasteiger partial charge in [-0.3, -0.25) is 0 Å². The summed E-state index contributed by atoms with van der Waals surface area (Å²) in [4.78, 5) is 25.2. The average molecular weight is 372 g/mol. The Kier molecular flexibility index (Phi) is 6.83. The molecule has 0 heterocycles. The van der Waals surface area contributed by atoms with Gasteiger partial charge in [0.2, 0.25) is 0 Å². The molecule has 1 aromatic rings. The third kappa shape index (κ3) is 6.44. The minimum Gasteiger partial charge on any atom is -0.443 e. The van der Waals surface area contributed by atoms with E-state index in [0.717, 1.165) is 14.9 Å². The smallest absolute Gasteiger partial charge is 0.418 e. The Labute approximate surface area is 139 Å². The van der Waals surface area contributed by atoms with Crippen LogP contribution in [0.15, 0.2) is 28.7 Å². The molecule has 1 rings (SSSR count). The van der Waals surface area contributed by atoms with E-state index in [4.69, 9.17) is 10.5 Å². The van der Waals surface area contributed by atoms with Gasteiger partial charge in [0.15, 0.2) is 0 Å². The number of ether oxygens (including phenoxy) is 1. The van der Waals surface area contributed by atoms with Gasteiger partial charge in [0.1, 0.15) is 5.60 Å². The molecule has 7 heteroatoms. The van der Waals surface area contributed by atoms with Crippen LogP contribution in [0.4, 0.5) is 9.59 Å². The number of halogens is 1. The lowest BCUT2D eigenvalue weighted by atomic mass is 10.2. The first-order valence-electron chi connectivity index (χ1n) is 6.96. The highest BCUT2D eigenvalue weighted by Gasteiger charge is 2.26. The van der Waals surface area contributed by atoms with Crippen molar-refractivity contribution in [3.05, 3.63) is 34.3 Å². The molecule has 0 spiro atoms. The fourth-order valence-corrected chi connectivity index (χ4v) is 2.09. The van der Waals surface area contributed by atoms with Crippen molar-refractivity contribution in [2.75, 3.05) is 13.1 Å². The zero-order valence-corrected chi connectivity index (χ0v) is 14.6. The molecule has 22 heavy (non-hydrogen) atoms. The minimum absolute atomic E-state index is 0.0965. The first-order valence-corrected chi connectivity index (χ1v) is 7.75. The number of urea groups is 1. The summed E-state index contributed by atoms with van der Waals surface area (Å²) >= 11 is 3.37. The monoisotopic (exact) mass is 371 g/mol. The van der Waals surface area contributed by atoms with Crippen LogP contribution in [0.3, 0.4) is 0 Å². The van der Waals surface area contributed by atoms with Gasteiger partial charge in [-0.1, -0.05) is 28.1 Å². The molecule has 3 amide bonds. The Balaban J connectivity index is 2.67. The normalized spacial score (nSPS) is 11.0. The molecule has 0 aliphatic carbocycles. The topological polar surface area (TPSA) is 84.7 Å². The number of nitrogens with two attached hydrogens (primary N) is 1. The van der Waals surface area contributed by atoms with Gasteiger partial charge in [0, 0.05) is 24.1 Å². The van der Waals surface area contributed by atoms with Crippen LogP contribution in [0.25, 0.3) is 0 Å². The zero-order valence-electron chi connectivity index (χ0n) is 13.1. The van der Waals surface area contributed by atoms with E-state index in [0.29, 0.717) is 6.54 Å². The van der Waals surface area contributed by atoms with Crippen LogP contribution in [0.2, 0.25) is 0 Å². The van der Waals surface area contributed by atoms with Gasteiger partial charge in [-0.15, -0.1) is 0 Å². The molecule has 0 aliphatic heterocycles. The lowest BCUT2D eigenvalue weighted by Crippen LogP contribution is -2.47. The minimum atomic E-state index is -0.704. The van der Waals surface area contributed by atoms with E-state index in [1.165, 1.54) is 0 Å². The first kappa shape index (κ1) is 18.4. The molecule has 0 fully saturated rings. The third-order valence-corrected chi connectivity index (χ3v) is 3.04. The van der Waals surface area contributed by atoms with Crippen LogP contribution in [0, 0.1) is 0 Å². The van der Waals surface area contributed by atoms with E-state index < -0.39 is 17.7 Å². The summed E-state index contributed by atoms with van der Waals surface area (Å²) in [5.41, 5.74) is 5.70. The summed E-state index contributed by atoms with van der Waals surface area (Å²) in [6.45, 7) is 5.80. The summed E-state index contributed by atoms with van der Waals surface area (Å²) in [5, 5.41) is 2.69. The third-order valence-electron chi connectivity index (χ3n) is 2.54. The Bertz CT molecular complexity index is 529. The SMILES string of the molecule is CC(C)(C)OC(=O)N(CCN)C(=O)NCc1cccc(Br)c1. The van der Waals surface area contributed by atoms with Crippen molar-refractivity contribution in [1.29, 1.82) is 0 Å². The molecule has 0 bridgehead atoms. The summed E-state index contributed by atoms with van der Waals surface area (Å²) in [7, 11) is 0. The van der Waals surface area contributed by atoms with Gasteiger partial charge in [-0.25, -0.2) is 14.5 Å². The summed E-state index contributed by atoms with van der Waals surface area (Å²) < 4.78 is 6.13. The van der Waals surface area contributed by atoms with E-state index in [9.17, 15) is 9.59 Å². The fraction of sp³-hybridized carbons (Fsp3) is 0.467. The van der Waals surface area contributed by atoms with Crippen molar-refractivity contribution < 1.29 is 14.3 Å². The van der Waals surface area contributed by atoms with E-state index in [-0.39, 0.29) is 13.1 Å². The predicted molar refractivity (Wildman–Crippen MR) is 88.4 cm³/mol. The number of nitrogens with zero attached hydrogens (tertiary/aromatic N) is 1. The number of imide groups is 1. The summed E-state index contributed by atoms with van der Waals surface area (Å²) in [6.07, 6.45) is -0.704. The maximum Gasteiger partial charge on any atom is 0.418 e. The molecule has 0 atom stereocenters. The van der Waals surface area contributed by atoms with E-state index in [1.807, 2.05) is 24.3 Å². The Morgan fingerprint density at radius 1 is 1.36 bits per heavy atom. The van der Waals surface area contributed by atoms with Crippen LogP contribution < -0.4 is 11.1 Å². The molecule has 122 valence electrons. The molecular formula is C15H22BrN3O3. The quantitative estimate of drug-likeness (QED) is 0.851. The molecule has 0 unspecified atom stereocenters. The number of amides is 3. The van der Waals surface area contributed by atoms with Crippen LogP contribution in [0.5, 0.6) is 0 Å². The molecule has 0 saturated heterocycles. The maximum absolute atomic E-state index is 12.2. The predicted octanol–water partition coefficient (Wildman–Crippen LogP) is 2.85. The number of benzene rings is 1. The number of carbonyl (C=O) groups excluding carboxylic acids is 2. The highest BCUT2D eigenvalue weighted by Crippen LogP contribution is 2.12. The summed E-state index contributed by atoms with van der Waals surface area (Å²) in [5.74, 6) is 0. The lowest BCUT2D eigenvalue weighted by molar-refractivity contribution is 0.0325. The molecule has 3 N–H and O–H groups in total. The van der Waals surface area contributed by atoms with Crippen molar-refractivity contribution in [1.82, 2.24) is 10.2 Å². The van der Waals surface area contributed by atoms with E-state index >= 15 is 0 Å². The van der Waals surface area contributed by atoms with Crippen molar-refractivity contribution >= 4 is 28.1 Å². The molecule has 0 radical (unpaired) electrons. The van der Waals surface area contributed by atoms with Gasteiger partial charge < -0.3 is 15.8 Å². The second-order valence-electron chi connectivity index (χ2n) is 5.71. The van der Waals surface area contributed by atoms with Gasteiger partial charge in [-0.2, -0.15) is 0 Å². The van der Waals surface area contributed by atoms with E-state index in [1.54, 1.807) is 20.8 Å². The maximum atomic E-state index is 12.2. The average Bonchev–Trinajstić information content (AvgIpc) is 2.40. The molecule has 1 aromatic carbocycles. The van der Waals surface area contributed by atoms with Crippen molar-refractivity contribution in [2.24, 2.45) is 5.73 Å². The van der Waals surface area contributed by atoms with Crippen LogP contribution in [0.1, 0.15) is 26.3 Å². The second kappa shape index (κ2) is 8.14. The van der Waals surface area contributed by atoms with E-state index in [2.05, 4.69) is 21.2 Å². The van der Waals surface area contributed by atoms with Gasteiger partial charge in [0.05, 0.1) is 0 Å². The van der Waals surface area contributed by atoms with Gasteiger partial charge in [0.25, 0.3) is 0 Å². The van der Waals surface area contributed by atoms with Crippen molar-refractivity contribution in [3.8, 4) is 0 Å². The number of hydrogen-bond donors (Lipinski definition) is 2. The van der Waals surface area contributed by atoms with Crippen LogP contribution >= 0.6 is 15.9 Å². The first-order chi connectivity index (χ1) is 10.2. The number of rotatable bonds is 4. The highest BCUT2D eigenvalue weighted by atomic mass is 79.9.